The van der Waals surface area contributed by atoms with Gasteiger partial charge in [0.25, 0.3) is 0 Å². The Morgan fingerprint density at radius 1 is 1.07 bits per heavy atom. The van der Waals surface area contributed by atoms with E-state index in [2.05, 4.69) is 25.1 Å². The molecule has 0 atom stereocenters. The van der Waals surface area contributed by atoms with Crippen LogP contribution >= 0.6 is 23.2 Å². The Morgan fingerprint density at radius 3 is 2.57 bits per heavy atom. The molecule has 0 fully saturated rings. The number of hydrogen-bond donors (Lipinski definition) is 2. The molecule has 0 spiro atoms. The number of aromatic nitrogens is 4. The summed E-state index contributed by atoms with van der Waals surface area (Å²) in [4.78, 5) is 8.30. The van der Waals surface area contributed by atoms with Gasteiger partial charge in [0.05, 0.1) is 10.7 Å². The summed E-state index contributed by atoms with van der Waals surface area (Å²) < 4.78 is 28.9. The van der Waals surface area contributed by atoms with E-state index in [1.54, 1.807) is 10.7 Å². The summed E-state index contributed by atoms with van der Waals surface area (Å²) in [5, 5.41) is 7.83. The van der Waals surface area contributed by atoms with Crippen LogP contribution in [0.5, 0.6) is 0 Å². The molecule has 1 aromatic carbocycles. The number of anilines is 1. The number of nitrogens with zero attached hydrogens (tertiary/aromatic N) is 4. The van der Waals surface area contributed by atoms with E-state index in [0.29, 0.717) is 23.2 Å². The van der Waals surface area contributed by atoms with Crippen molar-refractivity contribution in [3.63, 3.8) is 0 Å². The Bertz CT molecular complexity index is 1100. The van der Waals surface area contributed by atoms with E-state index >= 15 is 0 Å². The molecule has 0 aliphatic rings. The first-order chi connectivity index (χ1) is 13.3. The summed E-state index contributed by atoms with van der Waals surface area (Å²) >= 11 is 11.8. The average Bonchev–Trinajstić information content (AvgIpc) is 2.99. The Morgan fingerprint density at radius 2 is 1.86 bits per heavy atom. The third-order valence-corrected chi connectivity index (χ3v) is 5.96. The monoisotopic (exact) mass is 440 g/mol. The average molecular weight is 441 g/mol. The van der Waals surface area contributed by atoms with Crippen molar-refractivity contribution in [2.24, 2.45) is 0 Å². The molecule has 0 unspecified atom stereocenters. The molecular weight excluding hydrogens is 423 g/mol. The lowest BCUT2D eigenvalue weighted by Gasteiger charge is -2.10. The second-order valence-electron chi connectivity index (χ2n) is 6.00. The molecule has 0 radical (unpaired) electrons. The molecule has 0 amide bonds. The summed E-state index contributed by atoms with van der Waals surface area (Å²) in [6.45, 7) is 4.28. The lowest BCUT2D eigenvalue weighted by atomic mass is 10.4. The Balaban J connectivity index is 1.62. The maximum Gasteiger partial charge on any atom is 0.242 e. The molecule has 3 aromatic rings. The van der Waals surface area contributed by atoms with Gasteiger partial charge in [0, 0.05) is 29.9 Å². The highest BCUT2D eigenvalue weighted by Crippen LogP contribution is 2.24. The van der Waals surface area contributed by atoms with Gasteiger partial charge in [0.1, 0.15) is 17.0 Å². The number of aryl methyl sites for hydroxylation is 2. The smallest absolute Gasteiger partial charge is 0.242 e. The normalized spacial score (nSPS) is 11.6. The van der Waals surface area contributed by atoms with Crippen LogP contribution < -0.4 is 10.0 Å². The second kappa shape index (κ2) is 8.44. The maximum absolute atomic E-state index is 12.4. The van der Waals surface area contributed by atoms with E-state index < -0.39 is 10.0 Å². The Kier molecular flexibility index (Phi) is 6.19. The highest BCUT2D eigenvalue weighted by atomic mass is 35.5. The van der Waals surface area contributed by atoms with E-state index in [9.17, 15) is 8.42 Å². The topological polar surface area (TPSA) is 102 Å². The van der Waals surface area contributed by atoms with E-state index in [1.807, 2.05) is 19.9 Å². The van der Waals surface area contributed by atoms with Crippen molar-refractivity contribution in [2.45, 2.75) is 18.7 Å². The van der Waals surface area contributed by atoms with E-state index in [-0.39, 0.29) is 16.5 Å². The van der Waals surface area contributed by atoms with Gasteiger partial charge in [0.2, 0.25) is 10.0 Å². The SMILES string of the molecule is Cc1cc(C)n(-c2cc(NCCNS(=O)(=O)c3cc(Cl)ccc3Cl)ncn2)n1. The minimum absolute atomic E-state index is 0.0597. The Hall–Kier alpha value is -2.20. The molecule has 2 N–H and O–H groups in total. The summed E-state index contributed by atoms with van der Waals surface area (Å²) in [5.41, 5.74) is 1.84. The molecular formula is C17H18Cl2N6O2S. The molecule has 28 heavy (non-hydrogen) atoms. The molecule has 0 saturated carbocycles. The van der Waals surface area contributed by atoms with Gasteiger partial charge in [-0.25, -0.2) is 27.8 Å². The van der Waals surface area contributed by atoms with Gasteiger partial charge in [-0.2, -0.15) is 5.10 Å². The summed E-state index contributed by atoms with van der Waals surface area (Å²) in [5.74, 6) is 1.17. The quantitative estimate of drug-likeness (QED) is 0.547. The maximum atomic E-state index is 12.4. The summed E-state index contributed by atoms with van der Waals surface area (Å²) in [6.07, 6.45) is 1.42. The molecule has 0 saturated heterocycles. The number of benzene rings is 1. The van der Waals surface area contributed by atoms with E-state index in [0.717, 1.165) is 11.4 Å². The van der Waals surface area contributed by atoms with Crippen LogP contribution in [0.15, 0.2) is 41.6 Å². The van der Waals surface area contributed by atoms with Crippen molar-refractivity contribution in [3.8, 4) is 5.82 Å². The summed E-state index contributed by atoms with van der Waals surface area (Å²) in [7, 11) is -3.78. The van der Waals surface area contributed by atoms with Crippen molar-refractivity contribution < 1.29 is 8.42 Å². The zero-order chi connectivity index (χ0) is 20.3. The molecule has 0 bridgehead atoms. The zero-order valence-corrected chi connectivity index (χ0v) is 17.5. The predicted octanol–water partition coefficient (Wildman–Crippen LogP) is 2.98. The van der Waals surface area contributed by atoms with Crippen LogP contribution in [-0.2, 0) is 10.0 Å². The minimum atomic E-state index is -3.78. The number of sulfonamides is 1. The van der Waals surface area contributed by atoms with Crippen LogP contribution in [0.4, 0.5) is 5.82 Å². The first kappa shape index (κ1) is 20.5. The van der Waals surface area contributed by atoms with E-state index in [1.165, 1.54) is 24.5 Å². The highest BCUT2D eigenvalue weighted by Gasteiger charge is 2.17. The molecule has 11 heteroatoms. The first-order valence-electron chi connectivity index (χ1n) is 8.30. The van der Waals surface area contributed by atoms with Gasteiger partial charge in [-0.3, -0.25) is 0 Å². The fourth-order valence-electron chi connectivity index (χ4n) is 2.56. The van der Waals surface area contributed by atoms with Crippen LogP contribution in [0.25, 0.3) is 5.82 Å². The van der Waals surface area contributed by atoms with Crippen LogP contribution in [0.3, 0.4) is 0 Å². The first-order valence-corrected chi connectivity index (χ1v) is 10.5. The molecule has 2 heterocycles. The number of halogens is 2. The van der Waals surface area contributed by atoms with Gasteiger partial charge < -0.3 is 5.32 Å². The predicted molar refractivity (Wildman–Crippen MR) is 109 cm³/mol. The van der Waals surface area contributed by atoms with Crippen molar-refractivity contribution in [3.05, 3.63) is 58.1 Å². The number of rotatable bonds is 7. The van der Waals surface area contributed by atoms with Crippen molar-refractivity contribution in [1.82, 2.24) is 24.5 Å². The summed E-state index contributed by atoms with van der Waals surface area (Å²) in [6, 6.07) is 7.97. The second-order valence-corrected chi connectivity index (χ2v) is 8.58. The van der Waals surface area contributed by atoms with Gasteiger partial charge in [0.15, 0.2) is 5.82 Å². The van der Waals surface area contributed by atoms with Gasteiger partial charge >= 0.3 is 0 Å². The molecule has 0 aliphatic carbocycles. The standard InChI is InChI=1S/C17H18Cl2N6O2S/c1-11-7-12(2)25(24-11)17-9-16(21-10-22-17)20-5-6-23-28(26,27)15-8-13(18)3-4-14(15)19/h3-4,7-10,23H,5-6H2,1-2H3,(H,20,21,22). The zero-order valence-electron chi connectivity index (χ0n) is 15.1. The molecule has 8 nitrogen and oxygen atoms in total. The third-order valence-electron chi connectivity index (χ3n) is 3.79. The van der Waals surface area contributed by atoms with Gasteiger partial charge in [-0.1, -0.05) is 23.2 Å². The van der Waals surface area contributed by atoms with Crippen LogP contribution in [-0.4, -0.2) is 41.3 Å². The van der Waals surface area contributed by atoms with Gasteiger partial charge in [-0.05, 0) is 38.1 Å². The van der Waals surface area contributed by atoms with Crippen molar-refractivity contribution >= 4 is 39.0 Å². The lowest BCUT2D eigenvalue weighted by Crippen LogP contribution is -2.29. The highest BCUT2D eigenvalue weighted by molar-refractivity contribution is 7.89. The molecule has 2 aromatic heterocycles. The van der Waals surface area contributed by atoms with Crippen molar-refractivity contribution in [1.29, 1.82) is 0 Å². The largest absolute Gasteiger partial charge is 0.369 e. The Labute approximate surface area is 173 Å². The van der Waals surface area contributed by atoms with E-state index in [4.69, 9.17) is 23.2 Å². The van der Waals surface area contributed by atoms with Crippen molar-refractivity contribution in [2.75, 3.05) is 18.4 Å². The minimum Gasteiger partial charge on any atom is -0.369 e. The van der Waals surface area contributed by atoms with Crippen LogP contribution in [0, 0.1) is 13.8 Å². The van der Waals surface area contributed by atoms with Crippen LogP contribution in [0.2, 0.25) is 10.0 Å². The molecule has 148 valence electrons. The van der Waals surface area contributed by atoms with Crippen LogP contribution in [0.1, 0.15) is 11.4 Å². The fourth-order valence-corrected chi connectivity index (χ4v) is 4.35. The molecule has 3 rings (SSSR count). The fraction of sp³-hybridized carbons (Fsp3) is 0.235. The third kappa shape index (κ3) is 4.79. The number of nitrogens with one attached hydrogen (secondary N) is 2. The van der Waals surface area contributed by atoms with Gasteiger partial charge in [-0.15, -0.1) is 0 Å². The number of hydrogen-bond acceptors (Lipinski definition) is 6. The molecule has 0 aliphatic heterocycles. The lowest BCUT2D eigenvalue weighted by molar-refractivity contribution is 0.583.